The molecule has 0 atom stereocenters. The molecule has 110 valence electrons. The summed E-state index contributed by atoms with van der Waals surface area (Å²) in [6.45, 7) is 0. The predicted molar refractivity (Wildman–Crippen MR) is 87.0 cm³/mol. The molecule has 0 fully saturated rings. The number of benzene rings is 1. The molecule has 0 radical (unpaired) electrons. The summed E-state index contributed by atoms with van der Waals surface area (Å²) in [6.07, 6.45) is 5.77. The number of esters is 1. The van der Waals surface area contributed by atoms with Gasteiger partial charge in [-0.25, -0.2) is 4.79 Å². The number of thiophene rings is 1. The summed E-state index contributed by atoms with van der Waals surface area (Å²) in [7, 11) is 0. The number of halogens is 2. The second-order valence-electron chi connectivity index (χ2n) is 5.08. The van der Waals surface area contributed by atoms with E-state index in [0.29, 0.717) is 20.7 Å². The van der Waals surface area contributed by atoms with Gasteiger partial charge in [0.1, 0.15) is 4.88 Å². The molecule has 1 heterocycles. The van der Waals surface area contributed by atoms with Crippen molar-refractivity contribution in [1.82, 2.24) is 0 Å². The van der Waals surface area contributed by atoms with Crippen LogP contribution in [0, 0.1) is 0 Å². The van der Waals surface area contributed by atoms with E-state index in [1.165, 1.54) is 41.0 Å². The molecule has 0 spiro atoms. The van der Waals surface area contributed by atoms with Gasteiger partial charge in [0.25, 0.3) is 0 Å². The molecule has 1 aliphatic carbocycles. The quantitative estimate of drug-likeness (QED) is 0.407. The Balaban J connectivity index is 1.81. The van der Waals surface area contributed by atoms with Crippen molar-refractivity contribution in [2.75, 3.05) is 0 Å². The Morgan fingerprint density at radius 2 is 1.90 bits per heavy atom. The lowest BCUT2D eigenvalue weighted by Gasteiger charge is -2.05. The molecule has 0 bridgehead atoms. The fraction of sp³-hybridized carbons (Fsp3) is 0.312. The maximum absolute atomic E-state index is 12.3. The van der Waals surface area contributed by atoms with Gasteiger partial charge in [-0.1, -0.05) is 29.6 Å². The van der Waals surface area contributed by atoms with Gasteiger partial charge in [-0.05, 0) is 49.4 Å². The van der Waals surface area contributed by atoms with E-state index in [4.69, 9.17) is 27.9 Å². The summed E-state index contributed by atoms with van der Waals surface area (Å²) in [5.74, 6) is -0.0602. The zero-order valence-electron chi connectivity index (χ0n) is 11.3. The Labute approximate surface area is 137 Å². The SMILES string of the molecule is O=C(Oc1cc(Cl)ccc1Cl)c1cc2c(s1)CCCCC2. The van der Waals surface area contributed by atoms with Crippen LogP contribution in [0.5, 0.6) is 5.75 Å². The third-order valence-corrected chi connectivity index (χ3v) is 5.31. The van der Waals surface area contributed by atoms with Crippen LogP contribution in [0.25, 0.3) is 0 Å². The first-order chi connectivity index (χ1) is 10.1. The van der Waals surface area contributed by atoms with Gasteiger partial charge in [-0.2, -0.15) is 0 Å². The van der Waals surface area contributed by atoms with Crippen LogP contribution in [-0.4, -0.2) is 5.97 Å². The Kier molecular flexibility index (Phi) is 4.53. The van der Waals surface area contributed by atoms with Gasteiger partial charge in [0.15, 0.2) is 5.75 Å². The van der Waals surface area contributed by atoms with Crippen molar-refractivity contribution in [2.24, 2.45) is 0 Å². The van der Waals surface area contributed by atoms with Crippen molar-refractivity contribution in [3.05, 3.63) is 49.6 Å². The molecule has 0 aliphatic heterocycles. The van der Waals surface area contributed by atoms with E-state index in [1.54, 1.807) is 18.2 Å². The Morgan fingerprint density at radius 1 is 1.10 bits per heavy atom. The van der Waals surface area contributed by atoms with Crippen LogP contribution in [0.4, 0.5) is 0 Å². The highest BCUT2D eigenvalue weighted by molar-refractivity contribution is 7.14. The highest BCUT2D eigenvalue weighted by atomic mass is 35.5. The topological polar surface area (TPSA) is 26.3 Å². The molecular weight excluding hydrogens is 327 g/mol. The lowest BCUT2D eigenvalue weighted by atomic mass is 10.1. The second-order valence-corrected chi connectivity index (χ2v) is 7.06. The van der Waals surface area contributed by atoms with Crippen LogP contribution >= 0.6 is 34.5 Å². The van der Waals surface area contributed by atoms with Crippen LogP contribution in [0.2, 0.25) is 10.0 Å². The third-order valence-electron chi connectivity index (χ3n) is 3.54. The molecule has 21 heavy (non-hydrogen) atoms. The number of rotatable bonds is 2. The summed E-state index contributed by atoms with van der Waals surface area (Å²) in [6, 6.07) is 6.80. The lowest BCUT2D eigenvalue weighted by molar-refractivity contribution is 0.0740. The molecule has 1 aromatic heterocycles. The highest BCUT2D eigenvalue weighted by Crippen LogP contribution is 2.32. The standard InChI is InChI=1S/C16H14Cl2O2S/c17-11-6-7-12(18)13(9-11)20-16(19)15-8-10-4-2-1-3-5-14(10)21-15/h6-9H,1-5H2. The van der Waals surface area contributed by atoms with Crippen molar-refractivity contribution in [2.45, 2.75) is 32.1 Å². The van der Waals surface area contributed by atoms with Crippen LogP contribution in [0.1, 0.15) is 39.4 Å². The van der Waals surface area contributed by atoms with Gasteiger partial charge in [0, 0.05) is 16.0 Å². The number of aryl methyl sites for hydroxylation is 2. The average Bonchev–Trinajstić information content (AvgIpc) is 2.74. The van der Waals surface area contributed by atoms with Gasteiger partial charge < -0.3 is 4.74 Å². The molecule has 0 saturated heterocycles. The Bertz CT molecular complexity index is 655. The van der Waals surface area contributed by atoms with Crippen LogP contribution in [0.3, 0.4) is 0 Å². The molecule has 1 aliphatic rings. The molecule has 3 rings (SSSR count). The van der Waals surface area contributed by atoms with Crippen LogP contribution in [-0.2, 0) is 12.8 Å². The van der Waals surface area contributed by atoms with Crippen molar-refractivity contribution in [3.63, 3.8) is 0 Å². The number of fused-ring (bicyclic) bond motifs is 1. The maximum Gasteiger partial charge on any atom is 0.353 e. The molecule has 2 nitrogen and oxygen atoms in total. The predicted octanol–water partition coefficient (Wildman–Crippen LogP) is 5.54. The first-order valence-electron chi connectivity index (χ1n) is 6.92. The molecule has 1 aromatic carbocycles. The largest absolute Gasteiger partial charge is 0.421 e. The van der Waals surface area contributed by atoms with Crippen molar-refractivity contribution in [3.8, 4) is 5.75 Å². The van der Waals surface area contributed by atoms with E-state index >= 15 is 0 Å². The molecule has 2 aromatic rings. The number of ether oxygens (including phenoxy) is 1. The molecule has 0 N–H and O–H groups in total. The summed E-state index contributed by atoms with van der Waals surface area (Å²) in [5, 5.41) is 0.870. The molecule has 0 unspecified atom stereocenters. The first-order valence-corrected chi connectivity index (χ1v) is 8.49. The monoisotopic (exact) mass is 340 g/mol. The zero-order valence-corrected chi connectivity index (χ0v) is 13.7. The number of carbonyl (C=O) groups is 1. The van der Waals surface area contributed by atoms with Gasteiger partial charge in [0.05, 0.1) is 5.02 Å². The fourth-order valence-electron chi connectivity index (χ4n) is 2.47. The minimum absolute atomic E-state index is 0.303. The lowest BCUT2D eigenvalue weighted by Crippen LogP contribution is -2.06. The summed E-state index contributed by atoms with van der Waals surface area (Å²) in [5.41, 5.74) is 1.29. The van der Waals surface area contributed by atoms with Crippen molar-refractivity contribution < 1.29 is 9.53 Å². The summed E-state index contributed by atoms with van der Waals surface area (Å²) in [4.78, 5) is 14.2. The third kappa shape index (κ3) is 3.42. The summed E-state index contributed by atoms with van der Waals surface area (Å²) >= 11 is 13.5. The molecule has 0 saturated carbocycles. The second kappa shape index (κ2) is 6.39. The number of hydrogen-bond donors (Lipinski definition) is 0. The van der Waals surface area contributed by atoms with E-state index < -0.39 is 0 Å². The Morgan fingerprint density at radius 3 is 2.76 bits per heavy atom. The number of carbonyl (C=O) groups excluding carboxylic acids is 1. The van der Waals surface area contributed by atoms with Crippen molar-refractivity contribution >= 4 is 40.5 Å². The molecular formula is C16H14Cl2O2S. The normalized spacial score (nSPS) is 14.4. The van der Waals surface area contributed by atoms with Crippen LogP contribution in [0.15, 0.2) is 24.3 Å². The molecule has 0 amide bonds. The van der Waals surface area contributed by atoms with Crippen molar-refractivity contribution in [1.29, 1.82) is 0 Å². The zero-order chi connectivity index (χ0) is 14.8. The molecule has 5 heteroatoms. The van der Waals surface area contributed by atoms with E-state index in [1.807, 2.05) is 6.07 Å². The minimum atomic E-state index is -0.364. The summed E-state index contributed by atoms with van der Waals surface area (Å²) < 4.78 is 5.38. The first kappa shape index (κ1) is 14.9. The average molecular weight is 341 g/mol. The van der Waals surface area contributed by atoms with E-state index in [2.05, 4.69) is 0 Å². The fourth-order valence-corrected chi connectivity index (χ4v) is 3.92. The maximum atomic E-state index is 12.3. The smallest absolute Gasteiger partial charge is 0.353 e. The minimum Gasteiger partial charge on any atom is -0.421 e. The van der Waals surface area contributed by atoms with Gasteiger partial charge in [0.2, 0.25) is 0 Å². The van der Waals surface area contributed by atoms with Gasteiger partial charge >= 0.3 is 5.97 Å². The van der Waals surface area contributed by atoms with Gasteiger partial charge in [-0.15, -0.1) is 11.3 Å². The Hall–Kier alpha value is -1.03. The van der Waals surface area contributed by atoms with E-state index in [9.17, 15) is 4.79 Å². The van der Waals surface area contributed by atoms with E-state index in [-0.39, 0.29) is 5.97 Å². The van der Waals surface area contributed by atoms with Crippen LogP contribution < -0.4 is 4.74 Å². The van der Waals surface area contributed by atoms with E-state index in [0.717, 1.165) is 12.8 Å². The van der Waals surface area contributed by atoms with Gasteiger partial charge in [-0.3, -0.25) is 0 Å². The highest BCUT2D eigenvalue weighted by Gasteiger charge is 2.18. The number of hydrogen-bond acceptors (Lipinski definition) is 3.